The second-order valence-corrected chi connectivity index (χ2v) is 9.06. The van der Waals surface area contributed by atoms with Crippen molar-refractivity contribution in [1.29, 1.82) is 0 Å². The molecule has 1 aromatic carbocycles. The van der Waals surface area contributed by atoms with Crippen LogP contribution in [-0.4, -0.2) is 43.0 Å². The zero-order valence-corrected chi connectivity index (χ0v) is 21.2. The lowest BCUT2D eigenvalue weighted by atomic mass is 9.70. The largest absolute Gasteiger partial charge is 0.496 e. The number of benzene rings is 1. The number of hydrogen-bond donors (Lipinski definition) is 0. The van der Waals surface area contributed by atoms with Crippen LogP contribution in [0.25, 0.3) is 0 Å². The molecule has 1 heterocycles. The Labute approximate surface area is 210 Å². The maximum absolute atomic E-state index is 13.8. The van der Waals surface area contributed by atoms with E-state index in [9.17, 15) is 18.8 Å². The molecule has 0 aliphatic heterocycles. The smallest absolute Gasteiger partial charge is 0.309 e. The first-order chi connectivity index (χ1) is 17.2. The molecular weight excluding hydrogens is 469 g/mol. The summed E-state index contributed by atoms with van der Waals surface area (Å²) in [6.45, 7) is 4.60. The highest BCUT2D eigenvalue weighted by molar-refractivity contribution is 5.99. The number of ketones is 1. The maximum Gasteiger partial charge on any atom is 0.309 e. The van der Waals surface area contributed by atoms with Crippen molar-refractivity contribution in [3.63, 3.8) is 0 Å². The quantitative estimate of drug-likeness (QED) is 0.317. The van der Waals surface area contributed by atoms with Crippen LogP contribution in [0.2, 0.25) is 0 Å². The predicted octanol–water partition coefficient (Wildman–Crippen LogP) is 4.89. The number of pyridine rings is 1. The van der Waals surface area contributed by atoms with Crippen molar-refractivity contribution in [2.24, 2.45) is 11.8 Å². The fourth-order valence-corrected chi connectivity index (χ4v) is 4.51. The highest BCUT2D eigenvalue weighted by Crippen LogP contribution is 2.45. The van der Waals surface area contributed by atoms with Gasteiger partial charge < -0.3 is 18.9 Å². The summed E-state index contributed by atoms with van der Waals surface area (Å²) in [5.41, 5.74) is 0.694. The van der Waals surface area contributed by atoms with Gasteiger partial charge in [0.1, 0.15) is 17.7 Å². The van der Waals surface area contributed by atoms with Gasteiger partial charge in [0.05, 0.1) is 20.1 Å². The van der Waals surface area contributed by atoms with Gasteiger partial charge in [-0.25, -0.2) is 9.37 Å². The number of Topliss-reactive ketones (excluding diaryl/α,β-unsaturated/α-hetero) is 1. The van der Waals surface area contributed by atoms with Crippen molar-refractivity contribution in [2.75, 3.05) is 14.2 Å². The molecule has 8 nitrogen and oxygen atoms in total. The van der Waals surface area contributed by atoms with Gasteiger partial charge in [0, 0.05) is 43.2 Å². The molecule has 1 aliphatic carbocycles. The number of carbonyl (C=O) groups excluding carboxylic acids is 3. The molecular formula is C27H32FNO7. The molecule has 1 aliphatic rings. The molecule has 0 bridgehead atoms. The van der Waals surface area contributed by atoms with Gasteiger partial charge in [0.2, 0.25) is 5.75 Å². The SMILES string of the molecule is COc1cc(F)ccc1[C@@H](C1CCC1)[C@H](C)OC(=O)[C@H](C)CC(=O)c1nccc(OC)c1OC(C)=O. The summed E-state index contributed by atoms with van der Waals surface area (Å²) in [7, 11) is 2.86. The second-order valence-electron chi connectivity index (χ2n) is 9.06. The normalized spacial score (nSPS) is 15.7. The molecule has 0 radical (unpaired) electrons. The van der Waals surface area contributed by atoms with Crippen LogP contribution in [0.15, 0.2) is 30.5 Å². The fourth-order valence-electron chi connectivity index (χ4n) is 4.51. The Hall–Kier alpha value is -3.49. The molecule has 0 spiro atoms. The number of ether oxygens (including phenoxy) is 4. The van der Waals surface area contributed by atoms with E-state index in [0.717, 1.165) is 24.8 Å². The number of carbonyl (C=O) groups is 3. The van der Waals surface area contributed by atoms with Crippen molar-refractivity contribution in [1.82, 2.24) is 4.98 Å². The lowest BCUT2D eigenvalue weighted by Crippen LogP contribution is -2.33. The van der Waals surface area contributed by atoms with Crippen LogP contribution in [0.5, 0.6) is 17.2 Å². The third kappa shape index (κ3) is 6.19. The Balaban J connectivity index is 1.74. The summed E-state index contributed by atoms with van der Waals surface area (Å²) in [4.78, 5) is 41.5. The minimum Gasteiger partial charge on any atom is -0.496 e. The van der Waals surface area contributed by atoms with Gasteiger partial charge >= 0.3 is 11.9 Å². The Morgan fingerprint density at radius 3 is 2.36 bits per heavy atom. The highest BCUT2D eigenvalue weighted by atomic mass is 19.1. The summed E-state index contributed by atoms with van der Waals surface area (Å²) in [6.07, 6.45) is 3.67. The fraction of sp³-hybridized carbons (Fsp3) is 0.481. The Bertz CT molecular complexity index is 1120. The number of aromatic nitrogens is 1. The number of halogens is 1. The van der Waals surface area contributed by atoms with Crippen LogP contribution >= 0.6 is 0 Å². The van der Waals surface area contributed by atoms with E-state index in [-0.39, 0.29) is 35.4 Å². The van der Waals surface area contributed by atoms with E-state index in [1.165, 1.54) is 45.5 Å². The lowest BCUT2D eigenvalue weighted by Gasteiger charge is -2.38. The third-order valence-electron chi connectivity index (χ3n) is 6.51. The zero-order chi connectivity index (χ0) is 26.4. The summed E-state index contributed by atoms with van der Waals surface area (Å²) >= 11 is 0. The van der Waals surface area contributed by atoms with Crippen LogP contribution in [0.1, 0.15) is 68.4 Å². The molecule has 9 heteroatoms. The standard InChI is InChI=1S/C27H32FNO7/c1-15(13-21(31)25-26(36-17(3)30)22(33-4)11-12-29-25)27(32)35-16(2)24(18-7-6-8-18)20-10-9-19(28)14-23(20)34-5/h9-12,14-16,18,24H,6-8,13H2,1-5H3/t15-,16+,24-/m1/s1. The van der Waals surface area contributed by atoms with E-state index in [0.29, 0.717) is 5.75 Å². The second kappa shape index (κ2) is 12.0. The number of methoxy groups -OCH3 is 2. The number of nitrogens with zero attached hydrogens (tertiary/aromatic N) is 1. The molecule has 0 saturated heterocycles. The number of rotatable bonds is 11. The van der Waals surface area contributed by atoms with Crippen molar-refractivity contribution >= 4 is 17.7 Å². The first kappa shape index (κ1) is 27.1. The van der Waals surface area contributed by atoms with E-state index in [4.69, 9.17) is 18.9 Å². The summed E-state index contributed by atoms with van der Waals surface area (Å²) < 4.78 is 35.3. The molecule has 36 heavy (non-hydrogen) atoms. The molecule has 1 fully saturated rings. The van der Waals surface area contributed by atoms with E-state index < -0.39 is 35.6 Å². The summed E-state index contributed by atoms with van der Waals surface area (Å²) in [6, 6.07) is 5.86. The third-order valence-corrected chi connectivity index (χ3v) is 6.51. The Morgan fingerprint density at radius 1 is 1.08 bits per heavy atom. The summed E-state index contributed by atoms with van der Waals surface area (Å²) in [5, 5.41) is 0. The van der Waals surface area contributed by atoms with Crippen molar-refractivity contribution < 1.29 is 37.7 Å². The Morgan fingerprint density at radius 2 is 1.78 bits per heavy atom. The lowest BCUT2D eigenvalue weighted by molar-refractivity contribution is -0.154. The maximum atomic E-state index is 13.8. The van der Waals surface area contributed by atoms with E-state index in [2.05, 4.69) is 4.98 Å². The summed E-state index contributed by atoms with van der Waals surface area (Å²) in [5.74, 6) is -2.22. The van der Waals surface area contributed by atoms with E-state index >= 15 is 0 Å². The molecule has 1 saturated carbocycles. The zero-order valence-electron chi connectivity index (χ0n) is 21.2. The number of hydrogen-bond acceptors (Lipinski definition) is 8. The molecule has 1 aromatic heterocycles. The van der Waals surface area contributed by atoms with Crippen LogP contribution in [0.4, 0.5) is 4.39 Å². The van der Waals surface area contributed by atoms with E-state index in [1.807, 2.05) is 0 Å². The van der Waals surface area contributed by atoms with Crippen LogP contribution < -0.4 is 14.2 Å². The van der Waals surface area contributed by atoms with E-state index in [1.54, 1.807) is 19.9 Å². The molecule has 0 N–H and O–H groups in total. The van der Waals surface area contributed by atoms with Crippen LogP contribution in [0.3, 0.4) is 0 Å². The van der Waals surface area contributed by atoms with Crippen molar-refractivity contribution in [3.05, 3.63) is 47.5 Å². The molecule has 0 unspecified atom stereocenters. The highest BCUT2D eigenvalue weighted by Gasteiger charge is 2.37. The molecule has 194 valence electrons. The van der Waals surface area contributed by atoms with Crippen LogP contribution in [0, 0.1) is 17.7 Å². The average Bonchev–Trinajstić information content (AvgIpc) is 2.80. The van der Waals surface area contributed by atoms with Gasteiger partial charge in [-0.05, 0) is 31.7 Å². The predicted molar refractivity (Wildman–Crippen MR) is 129 cm³/mol. The molecule has 0 amide bonds. The molecule has 2 aromatic rings. The number of esters is 2. The van der Waals surface area contributed by atoms with Crippen LogP contribution in [-0.2, 0) is 14.3 Å². The van der Waals surface area contributed by atoms with Gasteiger partial charge in [-0.2, -0.15) is 0 Å². The Kier molecular flexibility index (Phi) is 9.01. The van der Waals surface area contributed by atoms with Gasteiger partial charge in [-0.1, -0.05) is 19.4 Å². The van der Waals surface area contributed by atoms with Gasteiger partial charge in [-0.3, -0.25) is 14.4 Å². The molecule has 3 rings (SSSR count). The van der Waals surface area contributed by atoms with Gasteiger partial charge in [0.25, 0.3) is 0 Å². The molecule has 3 atom stereocenters. The van der Waals surface area contributed by atoms with Gasteiger partial charge in [-0.15, -0.1) is 0 Å². The minimum absolute atomic E-state index is 0.0834. The van der Waals surface area contributed by atoms with Gasteiger partial charge in [0.15, 0.2) is 17.2 Å². The van der Waals surface area contributed by atoms with Crippen molar-refractivity contribution in [2.45, 2.75) is 58.5 Å². The first-order valence-electron chi connectivity index (χ1n) is 11.9. The van der Waals surface area contributed by atoms with Crippen molar-refractivity contribution in [3.8, 4) is 17.2 Å². The topological polar surface area (TPSA) is 101 Å². The monoisotopic (exact) mass is 501 g/mol. The minimum atomic E-state index is -0.782. The average molecular weight is 502 g/mol. The first-order valence-corrected chi connectivity index (χ1v) is 11.9.